The first kappa shape index (κ1) is 15.4. The Morgan fingerprint density at radius 2 is 2.00 bits per heavy atom. The van der Waals surface area contributed by atoms with Crippen LogP contribution in [0.2, 0.25) is 5.02 Å². The van der Waals surface area contributed by atoms with E-state index in [1.165, 1.54) is 5.56 Å². The summed E-state index contributed by atoms with van der Waals surface area (Å²) in [5.41, 5.74) is 8.47. The predicted octanol–water partition coefficient (Wildman–Crippen LogP) is 4.22. The van der Waals surface area contributed by atoms with E-state index in [2.05, 4.69) is 22.0 Å². The maximum atomic E-state index is 6.23. The van der Waals surface area contributed by atoms with E-state index >= 15 is 0 Å². The molecule has 0 aliphatic heterocycles. The molecule has 2 nitrogen and oxygen atoms in total. The first-order valence-electron chi connectivity index (χ1n) is 6.41. The van der Waals surface area contributed by atoms with Crippen molar-refractivity contribution >= 4 is 27.5 Å². The minimum absolute atomic E-state index is 0.0285. The number of methoxy groups -OCH3 is 1. The van der Waals surface area contributed by atoms with Gasteiger partial charge >= 0.3 is 0 Å². The Hall–Kier alpha value is -1.03. The van der Waals surface area contributed by atoms with Gasteiger partial charge in [0.15, 0.2) is 0 Å². The SMILES string of the molecule is COc1cccc(CC(N)Cc2ccc(Br)cc2Cl)c1. The number of ether oxygens (including phenoxy) is 1. The standard InChI is InChI=1S/C16H17BrClNO/c1-20-15-4-2-3-11(8-15)7-14(19)9-12-5-6-13(17)10-16(12)18/h2-6,8,10,14H,7,9,19H2,1H3. The maximum Gasteiger partial charge on any atom is 0.119 e. The van der Waals surface area contributed by atoms with Gasteiger partial charge in [-0.1, -0.05) is 45.7 Å². The summed E-state index contributed by atoms with van der Waals surface area (Å²) in [7, 11) is 1.67. The van der Waals surface area contributed by atoms with Gasteiger partial charge in [0.25, 0.3) is 0 Å². The second-order valence-electron chi connectivity index (χ2n) is 4.76. The number of nitrogens with two attached hydrogens (primary N) is 1. The Morgan fingerprint density at radius 1 is 1.20 bits per heavy atom. The van der Waals surface area contributed by atoms with Crippen molar-refractivity contribution in [3.63, 3.8) is 0 Å². The Morgan fingerprint density at radius 3 is 2.70 bits per heavy atom. The largest absolute Gasteiger partial charge is 0.497 e. The number of hydrogen-bond donors (Lipinski definition) is 1. The van der Waals surface area contributed by atoms with Gasteiger partial charge in [0.1, 0.15) is 5.75 Å². The van der Waals surface area contributed by atoms with Gasteiger partial charge in [0, 0.05) is 15.5 Å². The van der Waals surface area contributed by atoms with E-state index in [1.807, 2.05) is 36.4 Å². The zero-order valence-corrected chi connectivity index (χ0v) is 13.6. The van der Waals surface area contributed by atoms with Crippen molar-refractivity contribution in [2.75, 3.05) is 7.11 Å². The molecule has 0 saturated carbocycles. The van der Waals surface area contributed by atoms with Crippen LogP contribution in [0.4, 0.5) is 0 Å². The lowest BCUT2D eigenvalue weighted by Gasteiger charge is -2.13. The molecule has 106 valence electrons. The molecular formula is C16H17BrClNO. The molecule has 0 amide bonds. The molecule has 0 radical (unpaired) electrons. The summed E-state index contributed by atoms with van der Waals surface area (Å²) in [4.78, 5) is 0. The fourth-order valence-corrected chi connectivity index (χ4v) is 2.89. The molecule has 0 aliphatic rings. The van der Waals surface area contributed by atoms with Gasteiger partial charge in [-0.25, -0.2) is 0 Å². The third-order valence-corrected chi connectivity index (χ3v) is 3.97. The molecular weight excluding hydrogens is 338 g/mol. The second kappa shape index (κ2) is 7.11. The lowest BCUT2D eigenvalue weighted by molar-refractivity contribution is 0.414. The van der Waals surface area contributed by atoms with E-state index in [4.69, 9.17) is 22.1 Å². The van der Waals surface area contributed by atoms with Gasteiger partial charge in [-0.3, -0.25) is 0 Å². The highest BCUT2D eigenvalue weighted by Crippen LogP contribution is 2.23. The summed E-state index contributed by atoms with van der Waals surface area (Å²) >= 11 is 9.62. The Bertz CT molecular complexity index is 588. The van der Waals surface area contributed by atoms with Gasteiger partial charge in [0.2, 0.25) is 0 Å². The average molecular weight is 355 g/mol. The Labute approximate surface area is 133 Å². The van der Waals surface area contributed by atoms with Crippen LogP contribution in [0.5, 0.6) is 5.75 Å². The highest BCUT2D eigenvalue weighted by atomic mass is 79.9. The minimum atomic E-state index is 0.0285. The molecule has 2 aromatic carbocycles. The Balaban J connectivity index is 2.02. The third kappa shape index (κ3) is 4.23. The normalized spacial score (nSPS) is 12.2. The lowest BCUT2D eigenvalue weighted by Crippen LogP contribution is -2.25. The van der Waals surface area contributed by atoms with Crippen LogP contribution in [0.1, 0.15) is 11.1 Å². The average Bonchev–Trinajstić information content (AvgIpc) is 2.42. The van der Waals surface area contributed by atoms with Crippen LogP contribution in [0, 0.1) is 0 Å². The van der Waals surface area contributed by atoms with Crippen LogP contribution in [-0.2, 0) is 12.8 Å². The highest BCUT2D eigenvalue weighted by Gasteiger charge is 2.09. The van der Waals surface area contributed by atoms with Crippen LogP contribution in [0.15, 0.2) is 46.9 Å². The monoisotopic (exact) mass is 353 g/mol. The summed E-state index contributed by atoms with van der Waals surface area (Å²) in [5.74, 6) is 0.858. The first-order valence-corrected chi connectivity index (χ1v) is 7.58. The molecule has 20 heavy (non-hydrogen) atoms. The van der Waals surface area contributed by atoms with E-state index in [0.29, 0.717) is 0 Å². The fourth-order valence-electron chi connectivity index (χ4n) is 2.14. The summed E-state index contributed by atoms with van der Waals surface area (Å²) < 4.78 is 6.20. The van der Waals surface area contributed by atoms with Gasteiger partial charge in [0.05, 0.1) is 7.11 Å². The van der Waals surface area contributed by atoms with E-state index in [-0.39, 0.29) is 6.04 Å². The Kier molecular flexibility index (Phi) is 5.46. The number of hydrogen-bond acceptors (Lipinski definition) is 2. The van der Waals surface area contributed by atoms with E-state index in [9.17, 15) is 0 Å². The molecule has 0 spiro atoms. The smallest absolute Gasteiger partial charge is 0.119 e. The van der Waals surface area contributed by atoms with Gasteiger partial charge in [-0.2, -0.15) is 0 Å². The molecule has 0 saturated heterocycles. The minimum Gasteiger partial charge on any atom is -0.497 e. The zero-order chi connectivity index (χ0) is 14.5. The molecule has 2 rings (SSSR count). The topological polar surface area (TPSA) is 35.2 Å². The summed E-state index contributed by atoms with van der Waals surface area (Å²) in [6, 6.07) is 13.9. The van der Waals surface area contributed by atoms with Gasteiger partial charge in [-0.05, 0) is 48.2 Å². The van der Waals surface area contributed by atoms with Crippen molar-refractivity contribution < 1.29 is 4.74 Å². The van der Waals surface area contributed by atoms with Gasteiger partial charge in [-0.15, -0.1) is 0 Å². The summed E-state index contributed by atoms with van der Waals surface area (Å²) in [5, 5.41) is 0.750. The molecule has 0 bridgehead atoms. The van der Waals surface area contributed by atoms with Crippen LogP contribution < -0.4 is 10.5 Å². The maximum absolute atomic E-state index is 6.23. The fraction of sp³-hybridized carbons (Fsp3) is 0.250. The van der Waals surface area contributed by atoms with Crippen molar-refractivity contribution in [2.45, 2.75) is 18.9 Å². The van der Waals surface area contributed by atoms with Crippen molar-refractivity contribution in [3.8, 4) is 5.75 Å². The van der Waals surface area contributed by atoms with E-state index in [1.54, 1.807) is 7.11 Å². The van der Waals surface area contributed by atoms with Crippen molar-refractivity contribution in [1.82, 2.24) is 0 Å². The zero-order valence-electron chi connectivity index (χ0n) is 11.3. The molecule has 0 aliphatic carbocycles. The lowest BCUT2D eigenvalue weighted by atomic mass is 9.99. The molecule has 0 fully saturated rings. The molecule has 4 heteroatoms. The third-order valence-electron chi connectivity index (χ3n) is 3.13. The number of benzene rings is 2. The van der Waals surface area contributed by atoms with E-state index < -0.39 is 0 Å². The number of rotatable bonds is 5. The first-order chi connectivity index (χ1) is 9.58. The van der Waals surface area contributed by atoms with Crippen LogP contribution in [0.25, 0.3) is 0 Å². The van der Waals surface area contributed by atoms with Crippen molar-refractivity contribution in [1.29, 1.82) is 0 Å². The quantitative estimate of drug-likeness (QED) is 0.872. The summed E-state index contributed by atoms with van der Waals surface area (Å²) in [6.45, 7) is 0. The van der Waals surface area contributed by atoms with Gasteiger partial charge < -0.3 is 10.5 Å². The molecule has 1 atom stereocenters. The highest BCUT2D eigenvalue weighted by molar-refractivity contribution is 9.10. The summed E-state index contributed by atoms with van der Waals surface area (Å²) in [6.07, 6.45) is 1.55. The molecule has 1 unspecified atom stereocenters. The second-order valence-corrected chi connectivity index (χ2v) is 6.08. The van der Waals surface area contributed by atoms with E-state index in [0.717, 1.165) is 33.6 Å². The van der Waals surface area contributed by atoms with Crippen LogP contribution in [0.3, 0.4) is 0 Å². The molecule has 0 aromatic heterocycles. The molecule has 2 aromatic rings. The predicted molar refractivity (Wildman–Crippen MR) is 87.5 cm³/mol. The van der Waals surface area contributed by atoms with Crippen molar-refractivity contribution in [3.05, 3.63) is 63.1 Å². The molecule has 2 N–H and O–H groups in total. The molecule has 0 heterocycles. The number of halogens is 2. The van der Waals surface area contributed by atoms with Crippen LogP contribution >= 0.6 is 27.5 Å². The van der Waals surface area contributed by atoms with Crippen LogP contribution in [-0.4, -0.2) is 13.2 Å². The van der Waals surface area contributed by atoms with Crippen molar-refractivity contribution in [2.24, 2.45) is 5.73 Å².